The molecule has 7 nitrogen and oxygen atoms in total. The highest BCUT2D eigenvalue weighted by atomic mass is 16.6. The van der Waals surface area contributed by atoms with E-state index in [0.717, 1.165) is 0 Å². The Balaban J connectivity index is 1.58. The van der Waals surface area contributed by atoms with Crippen LogP contribution in [0.4, 0.5) is 5.69 Å². The third-order valence-electron chi connectivity index (χ3n) is 3.71. The van der Waals surface area contributed by atoms with Crippen molar-refractivity contribution in [3.8, 4) is 11.5 Å². The fraction of sp³-hybridized carbons (Fsp3) is 0.118. The van der Waals surface area contributed by atoms with E-state index in [1.165, 1.54) is 18.2 Å². The molecule has 0 saturated heterocycles. The number of nitrogens with one attached hydrogen (secondary N) is 1. The minimum Gasteiger partial charge on any atom is -0.486 e. The molecule has 2 aromatic rings. The number of carbonyl (C=O) groups is 3. The average Bonchev–Trinajstić information content (AvgIpc) is 2.88. The number of ether oxygens (including phenoxy) is 3. The number of amides is 1. The Labute approximate surface area is 136 Å². The zero-order valence-corrected chi connectivity index (χ0v) is 12.3. The van der Waals surface area contributed by atoms with Crippen molar-refractivity contribution >= 4 is 23.5 Å². The van der Waals surface area contributed by atoms with E-state index in [2.05, 4.69) is 10.1 Å². The number of carbonyl (C=O) groups excluding carboxylic acids is 3. The normalized spacial score (nSPS) is 14.8. The van der Waals surface area contributed by atoms with Crippen LogP contribution in [0.1, 0.15) is 31.1 Å². The molecule has 1 N–H and O–H groups in total. The van der Waals surface area contributed by atoms with Gasteiger partial charge in [0.25, 0.3) is 5.91 Å². The molecule has 0 fully saturated rings. The van der Waals surface area contributed by atoms with Crippen molar-refractivity contribution in [1.29, 1.82) is 0 Å². The van der Waals surface area contributed by atoms with Crippen LogP contribution in [0.15, 0.2) is 36.4 Å². The van der Waals surface area contributed by atoms with Gasteiger partial charge in [-0.25, -0.2) is 9.59 Å². The maximum Gasteiger partial charge on any atom is 0.346 e. The maximum atomic E-state index is 12.3. The number of cyclic esters (lactones) is 2. The van der Waals surface area contributed by atoms with E-state index in [1.54, 1.807) is 18.2 Å². The summed E-state index contributed by atoms with van der Waals surface area (Å²) in [4.78, 5) is 35.3. The first kappa shape index (κ1) is 14.3. The molecule has 24 heavy (non-hydrogen) atoms. The summed E-state index contributed by atoms with van der Waals surface area (Å²) in [6.45, 7) is 0.939. The van der Waals surface area contributed by atoms with Crippen molar-refractivity contribution < 1.29 is 28.6 Å². The van der Waals surface area contributed by atoms with Crippen molar-refractivity contribution in [1.82, 2.24) is 0 Å². The van der Waals surface area contributed by atoms with Gasteiger partial charge in [-0.3, -0.25) is 4.79 Å². The summed E-state index contributed by atoms with van der Waals surface area (Å²) in [5.41, 5.74) is 1.03. The first-order chi connectivity index (χ1) is 11.6. The Morgan fingerprint density at radius 3 is 2.46 bits per heavy atom. The fourth-order valence-electron chi connectivity index (χ4n) is 2.55. The van der Waals surface area contributed by atoms with Crippen LogP contribution >= 0.6 is 0 Å². The van der Waals surface area contributed by atoms with Gasteiger partial charge in [0.05, 0.1) is 11.1 Å². The number of benzene rings is 2. The number of fused-ring (bicyclic) bond motifs is 2. The fourth-order valence-corrected chi connectivity index (χ4v) is 2.55. The molecule has 0 unspecified atom stereocenters. The predicted molar refractivity (Wildman–Crippen MR) is 81.6 cm³/mol. The third-order valence-corrected chi connectivity index (χ3v) is 3.71. The Morgan fingerprint density at radius 2 is 1.62 bits per heavy atom. The quantitative estimate of drug-likeness (QED) is 0.671. The molecule has 0 atom stereocenters. The van der Waals surface area contributed by atoms with E-state index < -0.39 is 17.8 Å². The number of hydrogen-bond donors (Lipinski definition) is 1. The lowest BCUT2D eigenvalue weighted by molar-refractivity contribution is 0.0443. The van der Waals surface area contributed by atoms with Gasteiger partial charge >= 0.3 is 11.9 Å². The zero-order chi connectivity index (χ0) is 16.7. The molecule has 2 aliphatic rings. The van der Waals surface area contributed by atoms with Crippen LogP contribution in [0.2, 0.25) is 0 Å². The summed E-state index contributed by atoms with van der Waals surface area (Å²) in [7, 11) is 0. The van der Waals surface area contributed by atoms with Gasteiger partial charge in [-0.05, 0) is 30.3 Å². The molecule has 7 heteroatoms. The smallest absolute Gasteiger partial charge is 0.346 e. The molecule has 0 radical (unpaired) electrons. The number of anilines is 1. The SMILES string of the molecule is O=C(Nc1ccc2c(c1)OCCO2)c1ccc2c(c1)C(=O)OC2=O. The van der Waals surface area contributed by atoms with Crippen LogP contribution < -0.4 is 14.8 Å². The molecule has 2 aromatic carbocycles. The van der Waals surface area contributed by atoms with Gasteiger partial charge in [0.2, 0.25) is 0 Å². The van der Waals surface area contributed by atoms with E-state index in [-0.39, 0.29) is 16.7 Å². The molecule has 0 saturated carbocycles. The number of hydrogen-bond acceptors (Lipinski definition) is 6. The first-order valence-electron chi connectivity index (χ1n) is 7.23. The lowest BCUT2D eigenvalue weighted by Crippen LogP contribution is -2.16. The van der Waals surface area contributed by atoms with Crippen LogP contribution in [0, 0.1) is 0 Å². The summed E-state index contributed by atoms with van der Waals surface area (Å²) in [6, 6.07) is 9.28. The molecular weight excluding hydrogens is 314 g/mol. The number of rotatable bonds is 2. The van der Waals surface area contributed by atoms with Crippen molar-refractivity contribution in [2.45, 2.75) is 0 Å². The van der Waals surface area contributed by atoms with Crippen LogP contribution in [-0.2, 0) is 4.74 Å². The van der Waals surface area contributed by atoms with Gasteiger partial charge in [-0.15, -0.1) is 0 Å². The largest absolute Gasteiger partial charge is 0.486 e. The Morgan fingerprint density at radius 1 is 0.875 bits per heavy atom. The van der Waals surface area contributed by atoms with E-state index in [9.17, 15) is 14.4 Å². The van der Waals surface area contributed by atoms with Crippen LogP contribution in [-0.4, -0.2) is 31.1 Å². The van der Waals surface area contributed by atoms with Crippen LogP contribution in [0.3, 0.4) is 0 Å². The second-order valence-corrected chi connectivity index (χ2v) is 5.25. The maximum absolute atomic E-state index is 12.3. The summed E-state index contributed by atoms with van der Waals surface area (Å²) < 4.78 is 15.4. The molecule has 2 aliphatic heterocycles. The van der Waals surface area contributed by atoms with Gasteiger partial charge in [-0.2, -0.15) is 0 Å². The highest BCUT2D eigenvalue weighted by Gasteiger charge is 2.30. The second kappa shape index (κ2) is 5.38. The lowest BCUT2D eigenvalue weighted by Gasteiger charge is -2.19. The average molecular weight is 325 g/mol. The van der Waals surface area contributed by atoms with E-state index in [0.29, 0.717) is 30.4 Å². The molecule has 2 heterocycles. The Kier molecular flexibility index (Phi) is 3.19. The highest BCUT2D eigenvalue weighted by Crippen LogP contribution is 2.32. The summed E-state index contributed by atoms with van der Waals surface area (Å²) in [5.74, 6) is -0.681. The van der Waals surface area contributed by atoms with E-state index in [4.69, 9.17) is 9.47 Å². The monoisotopic (exact) mass is 325 g/mol. The second-order valence-electron chi connectivity index (χ2n) is 5.25. The summed E-state index contributed by atoms with van der Waals surface area (Å²) >= 11 is 0. The zero-order valence-electron chi connectivity index (χ0n) is 12.3. The van der Waals surface area contributed by atoms with Gasteiger partial charge in [0, 0.05) is 17.3 Å². The van der Waals surface area contributed by atoms with E-state index >= 15 is 0 Å². The Hall–Kier alpha value is -3.35. The summed E-state index contributed by atoms with van der Waals surface area (Å²) in [6.07, 6.45) is 0. The van der Waals surface area contributed by atoms with Crippen LogP contribution in [0.25, 0.3) is 0 Å². The lowest BCUT2D eigenvalue weighted by atomic mass is 10.1. The van der Waals surface area contributed by atoms with E-state index in [1.807, 2.05) is 0 Å². The first-order valence-corrected chi connectivity index (χ1v) is 7.23. The number of esters is 2. The molecular formula is C17H11NO6. The standard InChI is InChI=1S/C17H11NO6/c19-15(9-1-3-11-12(7-9)17(21)24-16(11)20)18-10-2-4-13-14(8-10)23-6-5-22-13/h1-4,7-8H,5-6H2,(H,18,19). The molecule has 120 valence electrons. The molecule has 1 amide bonds. The van der Waals surface area contributed by atoms with Crippen LogP contribution in [0.5, 0.6) is 11.5 Å². The summed E-state index contributed by atoms with van der Waals surface area (Å²) in [5, 5.41) is 2.71. The van der Waals surface area contributed by atoms with Crippen molar-refractivity contribution in [2.75, 3.05) is 18.5 Å². The van der Waals surface area contributed by atoms with Gasteiger partial charge in [0.15, 0.2) is 11.5 Å². The topological polar surface area (TPSA) is 90.9 Å². The predicted octanol–water partition coefficient (Wildman–Crippen LogP) is 2.02. The minimum atomic E-state index is -0.746. The molecule has 0 aromatic heterocycles. The molecule has 4 rings (SSSR count). The molecule has 0 aliphatic carbocycles. The van der Waals surface area contributed by atoms with Gasteiger partial charge in [-0.1, -0.05) is 0 Å². The third kappa shape index (κ3) is 2.36. The van der Waals surface area contributed by atoms with Gasteiger partial charge < -0.3 is 19.5 Å². The van der Waals surface area contributed by atoms with Gasteiger partial charge in [0.1, 0.15) is 13.2 Å². The minimum absolute atomic E-state index is 0.0924. The van der Waals surface area contributed by atoms with Crippen molar-refractivity contribution in [2.24, 2.45) is 0 Å². The highest BCUT2D eigenvalue weighted by molar-refractivity contribution is 6.16. The Bertz CT molecular complexity index is 889. The molecule has 0 spiro atoms. The molecule has 0 bridgehead atoms. The van der Waals surface area contributed by atoms with Crippen molar-refractivity contribution in [3.63, 3.8) is 0 Å². The van der Waals surface area contributed by atoms with Crippen molar-refractivity contribution in [3.05, 3.63) is 53.1 Å².